The Kier molecular flexibility index (Phi) is 2.68. The first-order valence-electron chi connectivity index (χ1n) is 7.08. The fourth-order valence-electron chi connectivity index (χ4n) is 2.90. The van der Waals surface area contributed by atoms with Gasteiger partial charge in [0.1, 0.15) is 11.5 Å². The summed E-state index contributed by atoms with van der Waals surface area (Å²) >= 11 is 0. The standard InChI is InChI=1S/C17H13N3O3/c1-9-6-16-18-19-17(23)20(16)13-7-12(15(22)8-11(9)13)10-4-2-3-5-14(10)21/h2-8,21-22H,1H3,(H,19,23). The third-order valence-electron chi connectivity index (χ3n) is 4.02. The van der Waals surface area contributed by atoms with Gasteiger partial charge in [-0.15, -0.1) is 0 Å². The van der Waals surface area contributed by atoms with E-state index in [1.54, 1.807) is 42.5 Å². The number of aromatic nitrogens is 3. The minimum absolute atomic E-state index is 0.0398. The third-order valence-corrected chi connectivity index (χ3v) is 4.02. The molecule has 0 aliphatic heterocycles. The Bertz CT molecular complexity index is 1130. The third kappa shape index (κ3) is 1.88. The molecule has 2 aromatic carbocycles. The highest BCUT2D eigenvalue weighted by molar-refractivity contribution is 5.92. The average molecular weight is 307 g/mol. The summed E-state index contributed by atoms with van der Waals surface area (Å²) in [7, 11) is 0. The van der Waals surface area contributed by atoms with E-state index in [1.807, 2.05) is 6.92 Å². The first-order chi connectivity index (χ1) is 11.1. The zero-order valence-electron chi connectivity index (χ0n) is 12.2. The maximum Gasteiger partial charge on any atom is 0.348 e. The largest absolute Gasteiger partial charge is 0.507 e. The second-order valence-corrected chi connectivity index (χ2v) is 5.45. The molecule has 2 aromatic heterocycles. The van der Waals surface area contributed by atoms with Gasteiger partial charge in [-0.05, 0) is 36.8 Å². The van der Waals surface area contributed by atoms with E-state index in [2.05, 4.69) is 10.2 Å². The van der Waals surface area contributed by atoms with Gasteiger partial charge in [0.05, 0.1) is 5.52 Å². The first kappa shape index (κ1) is 13.4. The van der Waals surface area contributed by atoms with Crippen molar-refractivity contribution in [1.29, 1.82) is 0 Å². The van der Waals surface area contributed by atoms with E-state index in [0.717, 1.165) is 10.9 Å². The van der Waals surface area contributed by atoms with Crippen LogP contribution in [0, 0.1) is 6.92 Å². The van der Waals surface area contributed by atoms with E-state index in [4.69, 9.17) is 0 Å². The van der Waals surface area contributed by atoms with Crippen molar-refractivity contribution in [3.05, 3.63) is 58.5 Å². The number of para-hydroxylation sites is 1. The maximum atomic E-state index is 12.0. The highest BCUT2D eigenvalue weighted by atomic mass is 16.3. The molecule has 0 fully saturated rings. The summed E-state index contributed by atoms with van der Waals surface area (Å²) in [6, 6.07) is 11.8. The number of nitrogens with one attached hydrogen (secondary N) is 1. The number of fused-ring (bicyclic) bond motifs is 3. The summed E-state index contributed by atoms with van der Waals surface area (Å²) in [4.78, 5) is 12.0. The molecule has 0 unspecified atom stereocenters. The number of hydrogen-bond donors (Lipinski definition) is 3. The zero-order chi connectivity index (χ0) is 16.1. The fraction of sp³-hybridized carbons (Fsp3) is 0.0588. The zero-order valence-corrected chi connectivity index (χ0v) is 12.2. The van der Waals surface area contributed by atoms with Gasteiger partial charge in [0.15, 0.2) is 5.65 Å². The molecule has 23 heavy (non-hydrogen) atoms. The fourth-order valence-corrected chi connectivity index (χ4v) is 2.90. The lowest BCUT2D eigenvalue weighted by Gasteiger charge is -2.11. The molecule has 0 atom stereocenters. The van der Waals surface area contributed by atoms with Gasteiger partial charge in [-0.2, -0.15) is 5.10 Å². The molecular weight excluding hydrogens is 294 g/mol. The van der Waals surface area contributed by atoms with E-state index in [-0.39, 0.29) is 17.2 Å². The molecule has 0 radical (unpaired) electrons. The first-order valence-corrected chi connectivity index (χ1v) is 7.08. The number of benzene rings is 2. The maximum absolute atomic E-state index is 12.0. The highest BCUT2D eigenvalue weighted by Gasteiger charge is 2.14. The molecule has 0 spiro atoms. The Morgan fingerprint density at radius 2 is 1.83 bits per heavy atom. The molecule has 2 heterocycles. The summed E-state index contributed by atoms with van der Waals surface area (Å²) in [5, 5.41) is 27.6. The lowest BCUT2D eigenvalue weighted by molar-refractivity contribution is 0.469. The number of rotatable bonds is 1. The number of H-pyrrole nitrogens is 1. The van der Waals surface area contributed by atoms with Crippen molar-refractivity contribution in [1.82, 2.24) is 14.6 Å². The van der Waals surface area contributed by atoms with Crippen molar-refractivity contribution in [2.24, 2.45) is 0 Å². The number of aromatic amines is 1. The van der Waals surface area contributed by atoms with Crippen molar-refractivity contribution < 1.29 is 10.2 Å². The van der Waals surface area contributed by atoms with Gasteiger partial charge in [-0.25, -0.2) is 14.3 Å². The average Bonchev–Trinajstić information content (AvgIpc) is 2.89. The number of phenols is 2. The molecule has 4 aromatic rings. The van der Waals surface area contributed by atoms with Gasteiger partial charge < -0.3 is 10.2 Å². The van der Waals surface area contributed by atoms with Crippen LogP contribution in [0.15, 0.2) is 47.3 Å². The van der Waals surface area contributed by atoms with Crippen LogP contribution in [0.3, 0.4) is 0 Å². The number of pyridine rings is 1. The van der Waals surface area contributed by atoms with Crippen LogP contribution >= 0.6 is 0 Å². The van der Waals surface area contributed by atoms with E-state index in [0.29, 0.717) is 22.3 Å². The molecular formula is C17H13N3O3. The van der Waals surface area contributed by atoms with Crippen LogP contribution in [0.1, 0.15) is 5.56 Å². The SMILES string of the molecule is Cc1cc2n[nH]c(=O)n2c2cc(-c3ccccc3O)c(O)cc12. The number of aromatic hydroxyl groups is 2. The summed E-state index contributed by atoms with van der Waals surface area (Å²) in [6.07, 6.45) is 0. The number of nitrogens with zero attached hydrogens (tertiary/aromatic N) is 2. The predicted molar refractivity (Wildman–Crippen MR) is 86.8 cm³/mol. The van der Waals surface area contributed by atoms with Crippen LogP contribution in [0.4, 0.5) is 0 Å². The van der Waals surface area contributed by atoms with Gasteiger partial charge in [0, 0.05) is 16.5 Å². The molecule has 0 amide bonds. The molecule has 0 saturated carbocycles. The minimum Gasteiger partial charge on any atom is -0.507 e. The van der Waals surface area contributed by atoms with Gasteiger partial charge in [-0.3, -0.25) is 0 Å². The Labute approximate surface area is 130 Å². The molecule has 4 rings (SSSR count). The number of aryl methyl sites for hydroxylation is 1. The van der Waals surface area contributed by atoms with E-state index >= 15 is 0 Å². The van der Waals surface area contributed by atoms with Gasteiger partial charge in [0.25, 0.3) is 0 Å². The molecule has 6 nitrogen and oxygen atoms in total. The van der Waals surface area contributed by atoms with Crippen LogP contribution in [0.5, 0.6) is 11.5 Å². The molecule has 0 saturated heterocycles. The predicted octanol–water partition coefficient (Wildman–Crippen LogP) is 2.56. The van der Waals surface area contributed by atoms with E-state index in [1.165, 1.54) is 4.40 Å². The van der Waals surface area contributed by atoms with Crippen molar-refractivity contribution in [2.75, 3.05) is 0 Å². The lowest BCUT2D eigenvalue weighted by Crippen LogP contribution is -2.10. The van der Waals surface area contributed by atoms with Crippen molar-refractivity contribution in [3.63, 3.8) is 0 Å². The van der Waals surface area contributed by atoms with Crippen molar-refractivity contribution in [2.45, 2.75) is 6.92 Å². The summed E-state index contributed by atoms with van der Waals surface area (Å²) < 4.78 is 1.45. The Hall–Kier alpha value is -3.28. The van der Waals surface area contributed by atoms with Gasteiger partial charge in [-0.1, -0.05) is 18.2 Å². The molecule has 0 bridgehead atoms. The van der Waals surface area contributed by atoms with Crippen LogP contribution in [-0.4, -0.2) is 24.8 Å². The van der Waals surface area contributed by atoms with Gasteiger partial charge >= 0.3 is 5.69 Å². The second kappa shape index (κ2) is 4.61. The molecule has 114 valence electrons. The monoisotopic (exact) mass is 307 g/mol. The van der Waals surface area contributed by atoms with Crippen LogP contribution in [0.25, 0.3) is 27.7 Å². The quantitative estimate of drug-likeness (QED) is 0.504. The van der Waals surface area contributed by atoms with Crippen LogP contribution in [0.2, 0.25) is 0 Å². The normalized spacial score (nSPS) is 11.3. The smallest absolute Gasteiger partial charge is 0.348 e. The molecule has 0 aliphatic carbocycles. The minimum atomic E-state index is -0.348. The van der Waals surface area contributed by atoms with E-state index < -0.39 is 0 Å². The molecule has 3 N–H and O–H groups in total. The Morgan fingerprint density at radius 1 is 1.04 bits per heavy atom. The van der Waals surface area contributed by atoms with Crippen LogP contribution < -0.4 is 5.69 Å². The number of phenolic OH excluding ortho intramolecular Hbond substituents is 2. The van der Waals surface area contributed by atoms with Gasteiger partial charge in [0.2, 0.25) is 0 Å². The number of hydrogen-bond acceptors (Lipinski definition) is 4. The van der Waals surface area contributed by atoms with Crippen molar-refractivity contribution >= 4 is 16.6 Å². The summed E-state index contributed by atoms with van der Waals surface area (Å²) in [5.74, 6) is 0.101. The Balaban J connectivity index is 2.18. The summed E-state index contributed by atoms with van der Waals surface area (Å²) in [5.41, 5.74) is 2.63. The summed E-state index contributed by atoms with van der Waals surface area (Å²) in [6.45, 7) is 1.89. The second-order valence-electron chi connectivity index (χ2n) is 5.45. The lowest BCUT2D eigenvalue weighted by atomic mass is 10.00. The van der Waals surface area contributed by atoms with Crippen LogP contribution in [-0.2, 0) is 0 Å². The highest BCUT2D eigenvalue weighted by Crippen LogP contribution is 2.38. The Morgan fingerprint density at radius 3 is 2.61 bits per heavy atom. The molecule has 6 heteroatoms. The topological polar surface area (TPSA) is 90.6 Å². The van der Waals surface area contributed by atoms with Crippen molar-refractivity contribution in [3.8, 4) is 22.6 Å². The van der Waals surface area contributed by atoms with E-state index in [9.17, 15) is 15.0 Å². The molecule has 0 aliphatic rings.